The summed E-state index contributed by atoms with van der Waals surface area (Å²) >= 11 is 0. The van der Waals surface area contributed by atoms with Crippen molar-refractivity contribution < 1.29 is 29.1 Å². The number of carbonyl (C=O) groups is 5. The zero-order valence-electron chi connectivity index (χ0n) is 20.2. The predicted molar refractivity (Wildman–Crippen MR) is 127 cm³/mol. The molecule has 35 heavy (non-hydrogen) atoms. The van der Waals surface area contributed by atoms with E-state index in [1.807, 2.05) is 13.8 Å². The molecule has 1 rings (SSSR count). The van der Waals surface area contributed by atoms with Crippen LogP contribution >= 0.6 is 0 Å². The molecule has 14 nitrogen and oxygen atoms in total. The smallest absolute Gasteiger partial charge is 0.326 e. The lowest BCUT2D eigenvalue weighted by atomic mass is 10.0. The first-order valence-corrected chi connectivity index (χ1v) is 11.6. The van der Waals surface area contributed by atoms with Gasteiger partial charge < -0.3 is 43.6 Å². The average molecular weight is 499 g/mol. The fourth-order valence-electron chi connectivity index (χ4n) is 3.84. The van der Waals surface area contributed by atoms with E-state index in [2.05, 4.69) is 15.6 Å². The molecule has 0 spiro atoms. The minimum absolute atomic E-state index is 0.0742. The summed E-state index contributed by atoms with van der Waals surface area (Å²) in [5, 5.41) is 14.1. The van der Waals surface area contributed by atoms with Crippen molar-refractivity contribution in [3.8, 4) is 0 Å². The van der Waals surface area contributed by atoms with Crippen LogP contribution in [0.2, 0.25) is 0 Å². The molecular formula is C21H38N8O6. The Hall–Kier alpha value is -3.42. The van der Waals surface area contributed by atoms with Crippen LogP contribution < -0.4 is 33.6 Å². The van der Waals surface area contributed by atoms with Gasteiger partial charge in [-0.2, -0.15) is 0 Å². The highest BCUT2D eigenvalue weighted by Gasteiger charge is 2.38. The number of hydrogen-bond acceptors (Lipinski definition) is 7. The molecule has 4 unspecified atom stereocenters. The third-order valence-corrected chi connectivity index (χ3v) is 5.48. The standard InChI is InChI=1S/C21H38N8O6/c1-11(2)9-12(22)19(33)29-8-4-6-15(29)18(32)27-13(5-3-7-26-21(24)25)17(31)28-14(20(34)35)10-16(23)30/h11-15H,3-10,22H2,1-2H3,(H2,23,30)(H,27,32)(H,28,31)(H,34,35)(H4,24,25,26). The van der Waals surface area contributed by atoms with Crippen LogP contribution in [0.5, 0.6) is 0 Å². The number of nitrogens with zero attached hydrogens (tertiary/aromatic N) is 2. The topological polar surface area (TPSA) is 249 Å². The summed E-state index contributed by atoms with van der Waals surface area (Å²) in [4.78, 5) is 66.5. The van der Waals surface area contributed by atoms with E-state index in [9.17, 15) is 29.1 Å². The third kappa shape index (κ3) is 10.2. The number of primary amides is 1. The summed E-state index contributed by atoms with van der Waals surface area (Å²) in [5.74, 6) is -4.01. The van der Waals surface area contributed by atoms with Crippen LogP contribution in [-0.2, 0) is 24.0 Å². The maximum absolute atomic E-state index is 13.1. The van der Waals surface area contributed by atoms with E-state index in [-0.39, 0.29) is 37.2 Å². The second-order valence-electron chi connectivity index (χ2n) is 9.01. The molecule has 4 atom stereocenters. The summed E-state index contributed by atoms with van der Waals surface area (Å²) in [7, 11) is 0. The minimum Gasteiger partial charge on any atom is -0.480 e. The van der Waals surface area contributed by atoms with E-state index in [1.165, 1.54) is 4.90 Å². The molecule has 0 radical (unpaired) electrons. The molecule has 0 aliphatic carbocycles. The van der Waals surface area contributed by atoms with Crippen LogP contribution in [-0.4, -0.2) is 82.8 Å². The Balaban J connectivity index is 2.97. The Morgan fingerprint density at radius 3 is 2.29 bits per heavy atom. The van der Waals surface area contributed by atoms with Crippen molar-refractivity contribution in [1.82, 2.24) is 15.5 Å². The van der Waals surface area contributed by atoms with Gasteiger partial charge in [-0.25, -0.2) is 4.79 Å². The lowest BCUT2D eigenvalue weighted by Crippen LogP contribution is -2.57. The second kappa shape index (κ2) is 14.1. The largest absolute Gasteiger partial charge is 0.480 e. The molecular weight excluding hydrogens is 460 g/mol. The number of hydrogen-bond donors (Lipinski definition) is 7. The highest BCUT2D eigenvalue weighted by Crippen LogP contribution is 2.20. The number of carboxylic acids is 1. The summed E-state index contributed by atoms with van der Waals surface area (Å²) in [6, 6.07) is -4.27. The van der Waals surface area contributed by atoms with E-state index in [1.54, 1.807) is 0 Å². The maximum Gasteiger partial charge on any atom is 0.326 e. The Morgan fingerprint density at radius 1 is 1.09 bits per heavy atom. The van der Waals surface area contributed by atoms with Gasteiger partial charge in [0.15, 0.2) is 5.96 Å². The highest BCUT2D eigenvalue weighted by atomic mass is 16.4. The third-order valence-electron chi connectivity index (χ3n) is 5.48. The number of aliphatic imine (C=N–C) groups is 1. The minimum atomic E-state index is -1.56. The first kappa shape index (κ1) is 29.6. The number of carboxylic acid groups (broad SMARTS) is 1. The molecule has 14 heteroatoms. The van der Waals surface area contributed by atoms with Crippen LogP contribution in [0.1, 0.15) is 52.4 Å². The lowest BCUT2D eigenvalue weighted by molar-refractivity contribution is -0.144. The van der Waals surface area contributed by atoms with Gasteiger partial charge >= 0.3 is 5.97 Å². The van der Waals surface area contributed by atoms with Crippen LogP contribution in [0, 0.1) is 5.92 Å². The zero-order chi connectivity index (χ0) is 26.7. The van der Waals surface area contributed by atoms with Gasteiger partial charge in [0.2, 0.25) is 23.6 Å². The number of aliphatic carboxylic acids is 1. The van der Waals surface area contributed by atoms with E-state index < -0.39 is 54.3 Å². The summed E-state index contributed by atoms with van der Waals surface area (Å²) in [6.45, 7) is 4.42. The number of rotatable bonds is 14. The molecule has 198 valence electrons. The van der Waals surface area contributed by atoms with Gasteiger partial charge in [0, 0.05) is 13.1 Å². The second-order valence-corrected chi connectivity index (χ2v) is 9.01. The van der Waals surface area contributed by atoms with Crippen molar-refractivity contribution in [3.05, 3.63) is 0 Å². The van der Waals surface area contributed by atoms with Gasteiger partial charge in [-0.1, -0.05) is 13.8 Å². The molecule has 1 aliphatic rings. The molecule has 0 bridgehead atoms. The van der Waals surface area contributed by atoms with E-state index >= 15 is 0 Å². The molecule has 0 aromatic carbocycles. The summed E-state index contributed by atoms with van der Waals surface area (Å²) < 4.78 is 0. The average Bonchev–Trinajstić information content (AvgIpc) is 3.23. The predicted octanol–water partition coefficient (Wildman–Crippen LogP) is -2.67. The Bertz CT molecular complexity index is 814. The van der Waals surface area contributed by atoms with Gasteiger partial charge in [-0.05, 0) is 38.0 Å². The van der Waals surface area contributed by atoms with Gasteiger partial charge in [-0.15, -0.1) is 0 Å². The van der Waals surface area contributed by atoms with Gasteiger partial charge in [0.25, 0.3) is 0 Å². The number of likely N-dealkylation sites (tertiary alicyclic amines) is 1. The van der Waals surface area contributed by atoms with Crippen LogP contribution in [0.4, 0.5) is 0 Å². The van der Waals surface area contributed by atoms with Gasteiger partial charge in [0.05, 0.1) is 12.5 Å². The Labute approximate surface area is 204 Å². The monoisotopic (exact) mass is 498 g/mol. The van der Waals surface area contributed by atoms with E-state index in [0.29, 0.717) is 25.8 Å². The molecule has 1 saturated heterocycles. The van der Waals surface area contributed by atoms with Crippen molar-refractivity contribution in [2.75, 3.05) is 13.1 Å². The van der Waals surface area contributed by atoms with Crippen LogP contribution in [0.3, 0.4) is 0 Å². The fraction of sp³-hybridized carbons (Fsp3) is 0.714. The van der Waals surface area contributed by atoms with Crippen molar-refractivity contribution in [1.29, 1.82) is 0 Å². The number of nitrogens with one attached hydrogen (secondary N) is 2. The first-order chi connectivity index (χ1) is 16.3. The van der Waals surface area contributed by atoms with Crippen molar-refractivity contribution in [3.63, 3.8) is 0 Å². The lowest BCUT2D eigenvalue weighted by Gasteiger charge is -2.29. The van der Waals surface area contributed by atoms with Crippen molar-refractivity contribution in [2.45, 2.75) is 76.5 Å². The number of guanidine groups is 1. The number of carbonyl (C=O) groups excluding carboxylic acids is 4. The normalized spacial score (nSPS) is 17.8. The molecule has 1 heterocycles. The summed E-state index contributed by atoms with van der Waals surface area (Å²) in [5.41, 5.74) is 21.7. The Morgan fingerprint density at radius 2 is 1.74 bits per heavy atom. The molecule has 11 N–H and O–H groups in total. The van der Waals surface area contributed by atoms with Crippen molar-refractivity contribution in [2.24, 2.45) is 33.8 Å². The van der Waals surface area contributed by atoms with Gasteiger partial charge in [0.1, 0.15) is 18.1 Å². The molecule has 1 aliphatic heterocycles. The molecule has 1 fully saturated rings. The summed E-state index contributed by atoms with van der Waals surface area (Å²) in [6.07, 6.45) is 1.21. The molecule has 4 amide bonds. The highest BCUT2D eigenvalue weighted by molar-refractivity contribution is 5.95. The van der Waals surface area contributed by atoms with Crippen LogP contribution in [0.15, 0.2) is 4.99 Å². The molecule has 0 aromatic heterocycles. The fourth-order valence-corrected chi connectivity index (χ4v) is 3.84. The van der Waals surface area contributed by atoms with Crippen molar-refractivity contribution >= 4 is 35.6 Å². The zero-order valence-corrected chi connectivity index (χ0v) is 20.2. The van der Waals surface area contributed by atoms with E-state index in [4.69, 9.17) is 22.9 Å². The van der Waals surface area contributed by atoms with Crippen LogP contribution in [0.25, 0.3) is 0 Å². The SMILES string of the molecule is CC(C)CC(N)C(=O)N1CCCC1C(=O)NC(CCCN=C(N)N)C(=O)NC(CC(N)=O)C(=O)O. The quantitative estimate of drug-likeness (QED) is 0.0748. The number of amides is 4. The van der Waals surface area contributed by atoms with E-state index in [0.717, 1.165) is 0 Å². The first-order valence-electron chi connectivity index (χ1n) is 11.6. The number of nitrogens with two attached hydrogens (primary N) is 4. The molecule has 0 aromatic rings. The van der Waals surface area contributed by atoms with Gasteiger partial charge in [-0.3, -0.25) is 24.2 Å². The Kier molecular flexibility index (Phi) is 11.9. The maximum atomic E-state index is 13.1. The molecule has 0 saturated carbocycles.